The molecule has 0 aliphatic heterocycles. The molecule has 0 spiro atoms. The topological polar surface area (TPSA) is 78.9 Å². The van der Waals surface area contributed by atoms with Crippen LogP contribution in [0.5, 0.6) is 0 Å². The van der Waals surface area contributed by atoms with Gasteiger partial charge in [0.25, 0.3) is 0 Å². The predicted molar refractivity (Wildman–Crippen MR) is 75.3 cm³/mol. The number of nitriles is 1. The van der Waals surface area contributed by atoms with Crippen molar-refractivity contribution in [1.29, 1.82) is 5.26 Å². The molecule has 0 saturated carbocycles. The number of carbonyl (C=O) groups is 1. The van der Waals surface area contributed by atoms with Crippen LogP contribution < -0.4 is 11.1 Å². The SMILES string of the molecule is CC(C)(CCC#N)CNCc1cccc(C(N)=O)c1. The molecule has 4 nitrogen and oxygen atoms in total. The van der Waals surface area contributed by atoms with Crippen molar-refractivity contribution >= 4 is 5.91 Å². The fourth-order valence-corrected chi connectivity index (χ4v) is 1.86. The zero-order valence-corrected chi connectivity index (χ0v) is 11.6. The van der Waals surface area contributed by atoms with Crippen LogP contribution in [-0.2, 0) is 6.54 Å². The number of nitrogens with two attached hydrogens (primary N) is 1. The van der Waals surface area contributed by atoms with Crippen LogP contribution >= 0.6 is 0 Å². The monoisotopic (exact) mass is 259 g/mol. The summed E-state index contributed by atoms with van der Waals surface area (Å²) in [5, 5.41) is 12.0. The van der Waals surface area contributed by atoms with E-state index in [1.807, 2.05) is 12.1 Å². The Labute approximate surface area is 114 Å². The van der Waals surface area contributed by atoms with Gasteiger partial charge in [0.05, 0.1) is 6.07 Å². The minimum absolute atomic E-state index is 0.0943. The number of carbonyl (C=O) groups excluding carboxylic acids is 1. The van der Waals surface area contributed by atoms with Crippen LogP contribution in [0, 0.1) is 16.7 Å². The molecule has 1 amide bonds. The van der Waals surface area contributed by atoms with E-state index < -0.39 is 5.91 Å². The second-order valence-corrected chi connectivity index (χ2v) is 5.49. The van der Waals surface area contributed by atoms with Gasteiger partial charge in [0.1, 0.15) is 0 Å². The molecule has 0 radical (unpaired) electrons. The predicted octanol–water partition coefficient (Wildman–Crippen LogP) is 2.21. The smallest absolute Gasteiger partial charge is 0.248 e. The molecule has 0 aliphatic rings. The Balaban J connectivity index is 2.47. The summed E-state index contributed by atoms with van der Waals surface area (Å²) >= 11 is 0. The second-order valence-electron chi connectivity index (χ2n) is 5.49. The van der Waals surface area contributed by atoms with Gasteiger partial charge in [0, 0.05) is 25.1 Å². The Hall–Kier alpha value is -1.86. The number of benzene rings is 1. The van der Waals surface area contributed by atoms with E-state index in [4.69, 9.17) is 11.0 Å². The lowest BCUT2D eigenvalue weighted by Gasteiger charge is -2.23. The standard InChI is InChI=1S/C15H21N3O/c1-15(2,7-4-8-16)11-18-10-12-5-3-6-13(9-12)14(17)19/h3,5-6,9,18H,4,7,10-11H2,1-2H3,(H2,17,19). The van der Waals surface area contributed by atoms with Gasteiger partial charge in [-0.25, -0.2) is 0 Å². The van der Waals surface area contributed by atoms with Crippen molar-refractivity contribution in [3.63, 3.8) is 0 Å². The number of amides is 1. The first-order valence-corrected chi connectivity index (χ1v) is 6.41. The highest BCUT2D eigenvalue weighted by atomic mass is 16.1. The van der Waals surface area contributed by atoms with Crippen LogP contribution in [0.25, 0.3) is 0 Å². The lowest BCUT2D eigenvalue weighted by molar-refractivity contribution is 0.1000. The van der Waals surface area contributed by atoms with Crippen LogP contribution in [0.1, 0.15) is 42.6 Å². The van der Waals surface area contributed by atoms with Gasteiger partial charge < -0.3 is 11.1 Å². The molecule has 1 aromatic rings. The van der Waals surface area contributed by atoms with Crippen LogP contribution in [0.4, 0.5) is 0 Å². The van der Waals surface area contributed by atoms with Crippen molar-refractivity contribution in [2.75, 3.05) is 6.54 Å². The first-order valence-electron chi connectivity index (χ1n) is 6.41. The first-order chi connectivity index (χ1) is 8.94. The Bertz CT molecular complexity index is 475. The first kappa shape index (κ1) is 15.2. The Morgan fingerprint density at radius 2 is 2.21 bits per heavy atom. The summed E-state index contributed by atoms with van der Waals surface area (Å²) < 4.78 is 0. The molecule has 4 heteroatoms. The van der Waals surface area contributed by atoms with Gasteiger partial charge >= 0.3 is 0 Å². The van der Waals surface area contributed by atoms with E-state index in [0.29, 0.717) is 18.5 Å². The maximum Gasteiger partial charge on any atom is 0.248 e. The number of nitrogens with one attached hydrogen (secondary N) is 1. The minimum Gasteiger partial charge on any atom is -0.366 e. The highest BCUT2D eigenvalue weighted by Crippen LogP contribution is 2.20. The van der Waals surface area contributed by atoms with Gasteiger partial charge in [-0.3, -0.25) is 4.79 Å². The average Bonchev–Trinajstić information content (AvgIpc) is 2.36. The normalized spacial score (nSPS) is 11.0. The summed E-state index contributed by atoms with van der Waals surface area (Å²) in [4.78, 5) is 11.1. The highest BCUT2D eigenvalue weighted by molar-refractivity contribution is 5.92. The number of primary amides is 1. The molecule has 102 valence electrons. The summed E-state index contributed by atoms with van der Waals surface area (Å²) in [5.74, 6) is -0.406. The number of hydrogen-bond acceptors (Lipinski definition) is 3. The van der Waals surface area contributed by atoms with Gasteiger partial charge in [-0.1, -0.05) is 26.0 Å². The van der Waals surface area contributed by atoms with Crippen LogP contribution in [-0.4, -0.2) is 12.5 Å². The summed E-state index contributed by atoms with van der Waals surface area (Å²) in [5.41, 5.74) is 6.90. The molecular weight excluding hydrogens is 238 g/mol. The quantitative estimate of drug-likeness (QED) is 0.788. The Morgan fingerprint density at radius 3 is 2.84 bits per heavy atom. The summed E-state index contributed by atoms with van der Waals surface area (Å²) in [6.45, 7) is 5.79. The minimum atomic E-state index is -0.406. The fourth-order valence-electron chi connectivity index (χ4n) is 1.86. The van der Waals surface area contributed by atoms with Gasteiger partial charge in [-0.2, -0.15) is 5.26 Å². The molecule has 0 bridgehead atoms. The second kappa shape index (κ2) is 6.91. The van der Waals surface area contributed by atoms with Crippen molar-refractivity contribution < 1.29 is 4.79 Å². The molecule has 0 unspecified atom stereocenters. The summed E-state index contributed by atoms with van der Waals surface area (Å²) in [6, 6.07) is 9.48. The van der Waals surface area contributed by atoms with Crippen molar-refractivity contribution in [2.24, 2.45) is 11.1 Å². The summed E-state index contributed by atoms with van der Waals surface area (Å²) in [6.07, 6.45) is 1.45. The molecule has 19 heavy (non-hydrogen) atoms. The third-order valence-electron chi connectivity index (χ3n) is 3.06. The van der Waals surface area contributed by atoms with Crippen molar-refractivity contribution in [3.05, 3.63) is 35.4 Å². The van der Waals surface area contributed by atoms with Gasteiger partial charge in [-0.15, -0.1) is 0 Å². The Kier molecular flexibility index (Phi) is 5.53. The maximum absolute atomic E-state index is 11.1. The van der Waals surface area contributed by atoms with E-state index >= 15 is 0 Å². The van der Waals surface area contributed by atoms with Crippen LogP contribution in [0.2, 0.25) is 0 Å². The number of nitrogens with zero attached hydrogens (tertiary/aromatic N) is 1. The average molecular weight is 259 g/mol. The van der Waals surface area contributed by atoms with E-state index in [9.17, 15) is 4.79 Å². The van der Waals surface area contributed by atoms with Gasteiger partial charge in [0.2, 0.25) is 5.91 Å². The lowest BCUT2D eigenvalue weighted by Crippen LogP contribution is -2.29. The summed E-state index contributed by atoms with van der Waals surface area (Å²) in [7, 11) is 0. The molecule has 0 aliphatic carbocycles. The fraction of sp³-hybridized carbons (Fsp3) is 0.467. The van der Waals surface area contributed by atoms with Crippen molar-refractivity contribution in [1.82, 2.24) is 5.32 Å². The van der Waals surface area contributed by atoms with Gasteiger partial charge in [0.15, 0.2) is 0 Å². The zero-order valence-electron chi connectivity index (χ0n) is 11.6. The molecule has 1 aromatic carbocycles. The van der Waals surface area contributed by atoms with E-state index in [0.717, 1.165) is 18.5 Å². The van der Waals surface area contributed by atoms with Crippen molar-refractivity contribution in [3.8, 4) is 6.07 Å². The van der Waals surface area contributed by atoms with E-state index in [1.54, 1.807) is 12.1 Å². The van der Waals surface area contributed by atoms with E-state index in [-0.39, 0.29) is 5.41 Å². The zero-order chi connectivity index (χ0) is 14.3. The molecule has 0 saturated heterocycles. The molecule has 3 N–H and O–H groups in total. The largest absolute Gasteiger partial charge is 0.366 e. The molecule has 0 fully saturated rings. The third kappa shape index (κ3) is 5.54. The van der Waals surface area contributed by atoms with Crippen LogP contribution in [0.15, 0.2) is 24.3 Å². The maximum atomic E-state index is 11.1. The van der Waals surface area contributed by atoms with E-state index in [2.05, 4.69) is 25.2 Å². The number of hydrogen-bond donors (Lipinski definition) is 2. The molecule has 0 aromatic heterocycles. The molecule has 0 atom stereocenters. The van der Waals surface area contributed by atoms with E-state index in [1.165, 1.54) is 0 Å². The molecule has 1 rings (SSSR count). The highest BCUT2D eigenvalue weighted by Gasteiger charge is 2.16. The third-order valence-corrected chi connectivity index (χ3v) is 3.06. The van der Waals surface area contributed by atoms with Crippen molar-refractivity contribution in [2.45, 2.75) is 33.2 Å². The Morgan fingerprint density at radius 1 is 1.47 bits per heavy atom. The van der Waals surface area contributed by atoms with Crippen LogP contribution in [0.3, 0.4) is 0 Å². The number of rotatable bonds is 7. The molecule has 0 heterocycles. The van der Waals surface area contributed by atoms with Gasteiger partial charge in [-0.05, 0) is 29.5 Å². The molecular formula is C15H21N3O. The lowest BCUT2D eigenvalue weighted by atomic mass is 9.88.